The van der Waals surface area contributed by atoms with E-state index in [4.69, 9.17) is 9.47 Å². The van der Waals surface area contributed by atoms with Gasteiger partial charge < -0.3 is 9.47 Å². The highest BCUT2D eigenvalue weighted by atomic mass is 16.5. The van der Waals surface area contributed by atoms with Gasteiger partial charge in [-0.1, -0.05) is 18.2 Å². The number of carbonyl (C=O) groups excluding carboxylic acids is 1. The average molecular weight is 242 g/mol. The molecule has 2 aromatic rings. The minimum Gasteiger partial charge on any atom is -0.497 e. The summed E-state index contributed by atoms with van der Waals surface area (Å²) in [5.74, 6) is 1.37. The van der Waals surface area contributed by atoms with Gasteiger partial charge in [0.15, 0.2) is 6.29 Å². The molecule has 0 radical (unpaired) electrons. The topological polar surface area (TPSA) is 35.5 Å². The van der Waals surface area contributed by atoms with E-state index in [0.717, 1.165) is 23.2 Å². The number of benzene rings is 2. The molecular weight excluding hydrogens is 228 g/mol. The van der Waals surface area contributed by atoms with Crippen LogP contribution in [0, 0.1) is 0 Å². The van der Waals surface area contributed by atoms with Crippen LogP contribution < -0.4 is 9.47 Å². The number of carbonyl (C=O) groups is 1. The maximum atomic E-state index is 11.0. The maximum absolute atomic E-state index is 11.0. The Hall–Kier alpha value is -2.29. The Morgan fingerprint density at radius 2 is 1.72 bits per heavy atom. The number of hydrogen-bond donors (Lipinski definition) is 0. The van der Waals surface area contributed by atoms with Crippen LogP contribution >= 0.6 is 0 Å². The molecule has 0 unspecified atom stereocenters. The van der Waals surface area contributed by atoms with E-state index in [1.165, 1.54) is 0 Å². The van der Waals surface area contributed by atoms with Crippen molar-refractivity contribution < 1.29 is 14.3 Å². The van der Waals surface area contributed by atoms with Crippen molar-refractivity contribution in [3.8, 4) is 22.6 Å². The summed E-state index contributed by atoms with van der Waals surface area (Å²) in [5, 5.41) is 0. The van der Waals surface area contributed by atoms with Gasteiger partial charge in [0.05, 0.1) is 19.8 Å². The first kappa shape index (κ1) is 12.2. The second-order valence-corrected chi connectivity index (χ2v) is 3.81. The third kappa shape index (κ3) is 2.35. The number of hydrogen-bond acceptors (Lipinski definition) is 3. The molecule has 0 aliphatic rings. The molecular formula is C15H14O3. The largest absolute Gasteiger partial charge is 0.497 e. The lowest BCUT2D eigenvalue weighted by molar-refractivity contribution is 0.112. The SMILES string of the molecule is COc1cccc(-c2ccc(OC)c(C=O)c2)c1. The quantitative estimate of drug-likeness (QED) is 0.772. The van der Waals surface area contributed by atoms with Crippen LogP contribution in [-0.4, -0.2) is 20.5 Å². The zero-order valence-electron chi connectivity index (χ0n) is 10.3. The number of rotatable bonds is 4. The van der Waals surface area contributed by atoms with E-state index in [2.05, 4.69) is 0 Å². The molecule has 0 N–H and O–H groups in total. The molecule has 0 saturated carbocycles. The van der Waals surface area contributed by atoms with Crippen molar-refractivity contribution in [2.75, 3.05) is 14.2 Å². The zero-order valence-corrected chi connectivity index (χ0v) is 10.3. The Labute approximate surface area is 106 Å². The third-order valence-electron chi connectivity index (χ3n) is 2.76. The van der Waals surface area contributed by atoms with Crippen molar-refractivity contribution in [2.45, 2.75) is 0 Å². The normalized spacial score (nSPS) is 9.89. The summed E-state index contributed by atoms with van der Waals surface area (Å²) in [7, 11) is 3.18. The minimum atomic E-state index is 0.540. The fourth-order valence-electron chi connectivity index (χ4n) is 1.81. The highest BCUT2D eigenvalue weighted by Gasteiger charge is 2.05. The number of aldehydes is 1. The zero-order chi connectivity index (χ0) is 13.0. The molecule has 2 aromatic carbocycles. The summed E-state index contributed by atoms with van der Waals surface area (Å²) >= 11 is 0. The van der Waals surface area contributed by atoms with E-state index in [1.54, 1.807) is 26.4 Å². The van der Waals surface area contributed by atoms with Crippen LogP contribution in [0.25, 0.3) is 11.1 Å². The average Bonchev–Trinajstić information content (AvgIpc) is 2.46. The predicted octanol–water partition coefficient (Wildman–Crippen LogP) is 3.18. The van der Waals surface area contributed by atoms with E-state index >= 15 is 0 Å². The lowest BCUT2D eigenvalue weighted by Gasteiger charge is -2.08. The molecule has 3 nitrogen and oxygen atoms in total. The minimum absolute atomic E-state index is 0.540. The molecule has 0 spiro atoms. The molecule has 0 aliphatic heterocycles. The second kappa shape index (κ2) is 5.36. The van der Waals surface area contributed by atoms with Crippen molar-refractivity contribution in [1.82, 2.24) is 0 Å². The van der Waals surface area contributed by atoms with Crippen LogP contribution in [0.2, 0.25) is 0 Å². The van der Waals surface area contributed by atoms with Crippen molar-refractivity contribution in [3.05, 3.63) is 48.0 Å². The van der Waals surface area contributed by atoms with Crippen LogP contribution in [0.4, 0.5) is 0 Å². The molecule has 0 heterocycles. The van der Waals surface area contributed by atoms with Gasteiger partial charge in [0, 0.05) is 0 Å². The van der Waals surface area contributed by atoms with E-state index in [0.29, 0.717) is 11.3 Å². The van der Waals surface area contributed by atoms with Gasteiger partial charge in [-0.3, -0.25) is 4.79 Å². The van der Waals surface area contributed by atoms with Crippen molar-refractivity contribution >= 4 is 6.29 Å². The summed E-state index contributed by atoms with van der Waals surface area (Å²) in [5.41, 5.74) is 2.50. The molecule has 18 heavy (non-hydrogen) atoms. The van der Waals surface area contributed by atoms with E-state index in [-0.39, 0.29) is 0 Å². The van der Waals surface area contributed by atoms with Gasteiger partial charge in [-0.2, -0.15) is 0 Å². The Bertz CT molecular complexity index is 561. The Kier molecular flexibility index (Phi) is 3.63. The molecule has 0 aromatic heterocycles. The van der Waals surface area contributed by atoms with Crippen molar-refractivity contribution in [1.29, 1.82) is 0 Å². The van der Waals surface area contributed by atoms with Gasteiger partial charge in [0.2, 0.25) is 0 Å². The van der Waals surface area contributed by atoms with Gasteiger partial charge in [0.1, 0.15) is 11.5 Å². The van der Waals surface area contributed by atoms with E-state index < -0.39 is 0 Å². The van der Waals surface area contributed by atoms with Gasteiger partial charge >= 0.3 is 0 Å². The first-order valence-electron chi connectivity index (χ1n) is 5.56. The van der Waals surface area contributed by atoms with E-state index in [9.17, 15) is 4.79 Å². The lowest BCUT2D eigenvalue weighted by Crippen LogP contribution is -1.91. The fourth-order valence-corrected chi connectivity index (χ4v) is 1.81. The summed E-state index contributed by atoms with van der Waals surface area (Å²) < 4.78 is 10.3. The molecule has 0 atom stereocenters. The molecule has 2 rings (SSSR count). The molecule has 0 bridgehead atoms. The smallest absolute Gasteiger partial charge is 0.153 e. The summed E-state index contributed by atoms with van der Waals surface area (Å²) in [6.07, 6.45) is 0.794. The van der Waals surface area contributed by atoms with Gasteiger partial charge in [-0.25, -0.2) is 0 Å². The van der Waals surface area contributed by atoms with Gasteiger partial charge in [-0.15, -0.1) is 0 Å². The Morgan fingerprint density at radius 1 is 0.944 bits per heavy atom. The Balaban J connectivity index is 2.47. The maximum Gasteiger partial charge on any atom is 0.153 e. The molecule has 3 heteroatoms. The standard InChI is InChI=1S/C15H14O3/c1-17-14-5-3-4-11(9-14)12-6-7-15(18-2)13(8-12)10-16/h3-10H,1-2H3. The van der Waals surface area contributed by atoms with Crippen LogP contribution in [0.3, 0.4) is 0 Å². The summed E-state index contributed by atoms with van der Waals surface area (Å²) in [6.45, 7) is 0. The highest BCUT2D eigenvalue weighted by Crippen LogP contribution is 2.27. The number of ether oxygens (including phenoxy) is 2. The van der Waals surface area contributed by atoms with Crippen LogP contribution in [-0.2, 0) is 0 Å². The van der Waals surface area contributed by atoms with Crippen LogP contribution in [0.5, 0.6) is 11.5 Å². The molecule has 0 aliphatic carbocycles. The van der Waals surface area contributed by atoms with Gasteiger partial charge in [-0.05, 0) is 35.4 Å². The second-order valence-electron chi connectivity index (χ2n) is 3.81. The summed E-state index contributed by atoms with van der Waals surface area (Å²) in [6, 6.07) is 13.2. The first-order valence-corrected chi connectivity index (χ1v) is 5.56. The summed E-state index contributed by atoms with van der Waals surface area (Å²) in [4.78, 5) is 11.0. The Morgan fingerprint density at radius 3 is 2.39 bits per heavy atom. The third-order valence-corrected chi connectivity index (χ3v) is 2.76. The molecule has 0 amide bonds. The number of methoxy groups -OCH3 is 2. The molecule has 0 fully saturated rings. The molecule has 0 saturated heterocycles. The predicted molar refractivity (Wildman–Crippen MR) is 70.4 cm³/mol. The first-order chi connectivity index (χ1) is 8.78. The van der Waals surface area contributed by atoms with Crippen molar-refractivity contribution in [2.24, 2.45) is 0 Å². The highest BCUT2D eigenvalue weighted by molar-refractivity contribution is 5.83. The van der Waals surface area contributed by atoms with E-state index in [1.807, 2.05) is 30.3 Å². The van der Waals surface area contributed by atoms with Gasteiger partial charge in [0.25, 0.3) is 0 Å². The fraction of sp³-hybridized carbons (Fsp3) is 0.133. The van der Waals surface area contributed by atoms with Crippen LogP contribution in [0.1, 0.15) is 10.4 Å². The monoisotopic (exact) mass is 242 g/mol. The molecule has 92 valence electrons. The van der Waals surface area contributed by atoms with Crippen molar-refractivity contribution in [3.63, 3.8) is 0 Å². The lowest BCUT2D eigenvalue weighted by atomic mass is 10.0. The van der Waals surface area contributed by atoms with Crippen LogP contribution in [0.15, 0.2) is 42.5 Å².